The number of hydrogen-bond donors (Lipinski definition) is 1. The first-order chi connectivity index (χ1) is 17.9. The topological polar surface area (TPSA) is 149 Å². The molecule has 1 aromatic carbocycles. The number of thiazole rings is 2. The standard InChI is InChI=1S/C23H16N6O6S2/c1-34-21(33)11-2-3-13-16(8-11)37-22(24-13)26-19(31)18-12-10-28(5-4-15(12)35-27-18)20(32)14-9-17(30)25-23-29(14)6-7-36-23/h2-3,6-9H,4-5,10H2,1H3,(H,24,26,31). The Morgan fingerprint density at radius 1 is 1.19 bits per heavy atom. The van der Waals surface area contributed by atoms with Gasteiger partial charge in [-0.3, -0.25) is 24.1 Å². The average Bonchev–Trinajstić information content (AvgIpc) is 3.63. The number of carbonyl (C=O) groups excluding carboxylic acids is 3. The molecule has 1 N–H and O–H groups in total. The van der Waals surface area contributed by atoms with Gasteiger partial charge in [-0.15, -0.1) is 11.3 Å². The van der Waals surface area contributed by atoms with Crippen LogP contribution in [0.3, 0.4) is 0 Å². The van der Waals surface area contributed by atoms with E-state index in [0.717, 1.165) is 0 Å². The van der Waals surface area contributed by atoms with Crippen LogP contribution in [-0.4, -0.2) is 55.9 Å². The molecular weight excluding hydrogens is 520 g/mol. The Morgan fingerprint density at radius 2 is 2.05 bits per heavy atom. The van der Waals surface area contributed by atoms with E-state index in [0.29, 0.717) is 50.2 Å². The maximum absolute atomic E-state index is 13.3. The normalized spacial score (nSPS) is 13.1. The highest BCUT2D eigenvalue weighted by atomic mass is 32.1. The Bertz CT molecular complexity index is 1780. The van der Waals surface area contributed by atoms with Crippen LogP contribution in [0.1, 0.15) is 42.7 Å². The van der Waals surface area contributed by atoms with E-state index in [-0.39, 0.29) is 23.8 Å². The number of amides is 2. The average molecular weight is 537 g/mol. The van der Waals surface area contributed by atoms with Crippen molar-refractivity contribution in [1.29, 1.82) is 0 Å². The molecule has 1 aliphatic rings. The van der Waals surface area contributed by atoms with Crippen LogP contribution in [0.2, 0.25) is 0 Å². The number of esters is 1. The lowest BCUT2D eigenvalue weighted by atomic mass is 10.1. The molecule has 6 rings (SSSR count). The summed E-state index contributed by atoms with van der Waals surface area (Å²) in [4.78, 5) is 60.5. The fourth-order valence-electron chi connectivity index (χ4n) is 4.12. The molecule has 2 amide bonds. The molecule has 0 atom stereocenters. The van der Waals surface area contributed by atoms with E-state index >= 15 is 0 Å². The van der Waals surface area contributed by atoms with Gasteiger partial charge in [0, 0.05) is 36.2 Å². The van der Waals surface area contributed by atoms with E-state index in [1.807, 2.05) is 0 Å². The van der Waals surface area contributed by atoms with Gasteiger partial charge >= 0.3 is 5.97 Å². The van der Waals surface area contributed by atoms with Crippen molar-refractivity contribution in [3.05, 3.63) is 74.5 Å². The second kappa shape index (κ2) is 8.90. The molecule has 5 aromatic rings. The van der Waals surface area contributed by atoms with Gasteiger partial charge in [0.2, 0.25) is 0 Å². The van der Waals surface area contributed by atoms with Gasteiger partial charge in [0.1, 0.15) is 11.5 Å². The largest absolute Gasteiger partial charge is 0.465 e. The number of nitrogens with zero attached hydrogens (tertiary/aromatic N) is 5. The van der Waals surface area contributed by atoms with E-state index in [1.165, 1.54) is 35.8 Å². The van der Waals surface area contributed by atoms with Crippen LogP contribution in [-0.2, 0) is 17.7 Å². The minimum absolute atomic E-state index is 0.0505. The highest BCUT2D eigenvalue weighted by molar-refractivity contribution is 7.22. The molecule has 0 aliphatic carbocycles. The fourth-order valence-corrected chi connectivity index (χ4v) is 5.74. The molecule has 0 fully saturated rings. The Labute approximate surface area is 215 Å². The Hall–Kier alpha value is -4.43. The van der Waals surface area contributed by atoms with E-state index in [4.69, 9.17) is 9.26 Å². The molecule has 12 nitrogen and oxygen atoms in total. The van der Waals surface area contributed by atoms with Gasteiger partial charge in [0.05, 0.1) is 29.4 Å². The number of nitrogens with one attached hydrogen (secondary N) is 1. The highest BCUT2D eigenvalue weighted by Gasteiger charge is 2.31. The van der Waals surface area contributed by atoms with Crippen LogP contribution in [0, 0.1) is 0 Å². The first-order valence-electron chi connectivity index (χ1n) is 10.9. The maximum Gasteiger partial charge on any atom is 0.337 e. The maximum atomic E-state index is 13.3. The Morgan fingerprint density at radius 3 is 2.89 bits per heavy atom. The summed E-state index contributed by atoms with van der Waals surface area (Å²) in [5, 5.41) is 8.73. The predicted octanol–water partition coefficient (Wildman–Crippen LogP) is 2.59. The van der Waals surface area contributed by atoms with E-state index < -0.39 is 17.4 Å². The van der Waals surface area contributed by atoms with Gasteiger partial charge in [-0.25, -0.2) is 9.78 Å². The van der Waals surface area contributed by atoms with Crippen LogP contribution < -0.4 is 10.9 Å². The molecule has 5 heterocycles. The molecule has 1 aliphatic heterocycles. The van der Waals surface area contributed by atoms with E-state index in [1.54, 1.807) is 39.1 Å². The first kappa shape index (κ1) is 23.0. The highest BCUT2D eigenvalue weighted by Crippen LogP contribution is 2.29. The zero-order valence-corrected chi connectivity index (χ0v) is 20.7. The third-order valence-corrected chi connectivity index (χ3v) is 7.58. The number of rotatable bonds is 4. The van der Waals surface area contributed by atoms with Crippen LogP contribution in [0.4, 0.5) is 5.13 Å². The molecule has 14 heteroatoms. The van der Waals surface area contributed by atoms with Crippen LogP contribution in [0.25, 0.3) is 15.2 Å². The van der Waals surface area contributed by atoms with Gasteiger partial charge in [0.25, 0.3) is 17.4 Å². The quantitative estimate of drug-likeness (QED) is 0.342. The van der Waals surface area contributed by atoms with Gasteiger partial charge in [-0.1, -0.05) is 16.5 Å². The van der Waals surface area contributed by atoms with E-state index in [2.05, 4.69) is 20.4 Å². The third kappa shape index (κ3) is 4.05. The molecule has 0 spiro atoms. The lowest BCUT2D eigenvalue weighted by Gasteiger charge is -2.26. The van der Waals surface area contributed by atoms with Gasteiger partial charge in [-0.2, -0.15) is 4.98 Å². The number of anilines is 1. The second-order valence-electron chi connectivity index (χ2n) is 8.09. The van der Waals surface area contributed by atoms with Crippen LogP contribution in [0.15, 0.2) is 45.2 Å². The summed E-state index contributed by atoms with van der Waals surface area (Å²) in [7, 11) is 1.30. The van der Waals surface area contributed by atoms with Gasteiger partial charge in [-0.05, 0) is 18.2 Å². The lowest BCUT2D eigenvalue weighted by Crippen LogP contribution is -2.37. The summed E-state index contributed by atoms with van der Waals surface area (Å²) in [6, 6.07) is 6.12. The number of carbonyl (C=O) groups is 3. The van der Waals surface area contributed by atoms with Crippen molar-refractivity contribution in [1.82, 2.24) is 24.4 Å². The number of ether oxygens (including phenoxy) is 1. The van der Waals surface area contributed by atoms with E-state index in [9.17, 15) is 19.2 Å². The fraction of sp³-hybridized carbons (Fsp3) is 0.174. The van der Waals surface area contributed by atoms with Crippen molar-refractivity contribution in [3.63, 3.8) is 0 Å². The summed E-state index contributed by atoms with van der Waals surface area (Å²) in [6.07, 6.45) is 2.05. The summed E-state index contributed by atoms with van der Waals surface area (Å²) in [5.74, 6) is -0.843. The molecule has 0 unspecified atom stereocenters. The lowest BCUT2D eigenvalue weighted by molar-refractivity contribution is 0.0600. The van der Waals surface area contributed by atoms with Crippen LogP contribution >= 0.6 is 22.7 Å². The number of aromatic nitrogens is 4. The minimum atomic E-state index is -0.535. The smallest absolute Gasteiger partial charge is 0.337 e. The van der Waals surface area contributed by atoms with Crippen molar-refractivity contribution in [2.45, 2.75) is 13.0 Å². The number of methoxy groups -OCH3 is 1. The monoisotopic (exact) mass is 536 g/mol. The Balaban J connectivity index is 1.24. The second-order valence-corrected chi connectivity index (χ2v) is 10.00. The summed E-state index contributed by atoms with van der Waals surface area (Å²) in [5.41, 5.74) is 1.23. The molecule has 4 aromatic heterocycles. The third-order valence-electron chi connectivity index (χ3n) is 5.89. The Kier molecular flexibility index (Phi) is 5.53. The van der Waals surface area contributed by atoms with Crippen molar-refractivity contribution in [2.24, 2.45) is 0 Å². The molecule has 0 saturated carbocycles. The van der Waals surface area contributed by atoms with Gasteiger partial charge in [0.15, 0.2) is 15.8 Å². The van der Waals surface area contributed by atoms with Crippen molar-refractivity contribution < 1.29 is 23.6 Å². The zero-order chi connectivity index (χ0) is 25.7. The predicted molar refractivity (Wildman–Crippen MR) is 133 cm³/mol. The molecular formula is C23H16N6O6S2. The number of benzene rings is 1. The van der Waals surface area contributed by atoms with Crippen molar-refractivity contribution in [2.75, 3.05) is 19.0 Å². The SMILES string of the molecule is COC(=O)c1ccc2nc(NC(=O)c3noc4c3CN(C(=O)c3cc(=O)nc5sccn35)CC4)sc2c1. The summed E-state index contributed by atoms with van der Waals surface area (Å²) < 4.78 is 12.4. The summed E-state index contributed by atoms with van der Waals surface area (Å²) in [6.45, 7) is 0.427. The zero-order valence-electron chi connectivity index (χ0n) is 19.1. The van der Waals surface area contributed by atoms with Crippen molar-refractivity contribution >= 4 is 60.8 Å². The summed E-state index contributed by atoms with van der Waals surface area (Å²) >= 11 is 2.45. The first-order valence-corrected chi connectivity index (χ1v) is 12.6. The molecule has 37 heavy (non-hydrogen) atoms. The number of fused-ring (bicyclic) bond motifs is 3. The molecule has 186 valence electrons. The molecule has 0 bridgehead atoms. The van der Waals surface area contributed by atoms with Crippen LogP contribution in [0.5, 0.6) is 0 Å². The molecule has 0 saturated heterocycles. The number of hydrogen-bond acceptors (Lipinski definition) is 11. The molecule has 0 radical (unpaired) electrons. The van der Waals surface area contributed by atoms with Crippen molar-refractivity contribution in [3.8, 4) is 0 Å². The minimum Gasteiger partial charge on any atom is -0.465 e. The van der Waals surface area contributed by atoms with Gasteiger partial charge < -0.3 is 14.2 Å².